The van der Waals surface area contributed by atoms with Gasteiger partial charge >= 0.3 is 0 Å². The van der Waals surface area contributed by atoms with E-state index in [-0.39, 0.29) is 24.2 Å². The molecule has 1 aliphatic heterocycles. The highest BCUT2D eigenvalue weighted by Crippen LogP contribution is 2.32. The second kappa shape index (κ2) is 5.55. The van der Waals surface area contributed by atoms with Gasteiger partial charge in [0.1, 0.15) is 11.6 Å². The summed E-state index contributed by atoms with van der Waals surface area (Å²) in [5.74, 6) is 0.194. The molecule has 0 saturated heterocycles. The van der Waals surface area contributed by atoms with Gasteiger partial charge in [-0.15, -0.1) is 0 Å². The number of aromatic nitrogens is 2. The minimum Gasteiger partial charge on any atom is -0.493 e. The number of aryl methyl sites for hydroxylation is 1. The number of carbonyl (C=O) groups excluding carboxylic acids is 1. The Morgan fingerprint density at radius 3 is 3.19 bits per heavy atom. The number of nitrogens with one attached hydrogen (secondary N) is 1. The summed E-state index contributed by atoms with van der Waals surface area (Å²) in [5.41, 5.74) is 1.53. The standard InChI is InChI=1S/C15H16FN3O2/c1-19-9-17-8-11(19)7-15(20)18-13-4-5-21-14-3-2-10(16)6-12(13)14/h2-3,6,8-9,13H,4-5,7H2,1H3,(H,18,20)/t13-/m0/s1. The molecular weight excluding hydrogens is 273 g/mol. The topological polar surface area (TPSA) is 56.2 Å². The molecule has 5 nitrogen and oxygen atoms in total. The predicted octanol–water partition coefficient (Wildman–Crippen LogP) is 1.74. The zero-order chi connectivity index (χ0) is 14.8. The van der Waals surface area contributed by atoms with Crippen LogP contribution in [0.25, 0.3) is 0 Å². The fourth-order valence-corrected chi connectivity index (χ4v) is 2.48. The molecule has 0 bridgehead atoms. The van der Waals surface area contributed by atoms with Crippen LogP contribution in [0.5, 0.6) is 5.75 Å². The largest absolute Gasteiger partial charge is 0.493 e. The van der Waals surface area contributed by atoms with E-state index in [4.69, 9.17) is 4.74 Å². The lowest BCUT2D eigenvalue weighted by atomic mass is 10.00. The van der Waals surface area contributed by atoms with Crippen LogP contribution in [-0.4, -0.2) is 22.1 Å². The summed E-state index contributed by atoms with van der Waals surface area (Å²) in [6.45, 7) is 0.509. The summed E-state index contributed by atoms with van der Waals surface area (Å²) in [6, 6.07) is 4.16. The van der Waals surface area contributed by atoms with Gasteiger partial charge in [0.25, 0.3) is 0 Å². The molecule has 21 heavy (non-hydrogen) atoms. The van der Waals surface area contributed by atoms with Crippen LogP contribution in [0.4, 0.5) is 4.39 Å². The van der Waals surface area contributed by atoms with Crippen molar-refractivity contribution in [2.45, 2.75) is 18.9 Å². The number of benzene rings is 1. The highest BCUT2D eigenvalue weighted by atomic mass is 19.1. The van der Waals surface area contributed by atoms with Gasteiger partial charge in [0.2, 0.25) is 5.91 Å². The van der Waals surface area contributed by atoms with E-state index in [0.29, 0.717) is 24.3 Å². The van der Waals surface area contributed by atoms with Crippen LogP contribution in [0, 0.1) is 5.82 Å². The zero-order valence-electron chi connectivity index (χ0n) is 11.7. The van der Waals surface area contributed by atoms with Crippen molar-refractivity contribution in [3.63, 3.8) is 0 Å². The minimum atomic E-state index is -0.329. The Kier molecular flexibility index (Phi) is 3.60. The van der Waals surface area contributed by atoms with Gasteiger partial charge in [0.05, 0.1) is 25.4 Å². The summed E-state index contributed by atoms with van der Waals surface area (Å²) >= 11 is 0. The lowest BCUT2D eigenvalue weighted by Crippen LogP contribution is -2.33. The second-order valence-corrected chi connectivity index (χ2v) is 5.11. The summed E-state index contributed by atoms with van der Waals surface area (Å²) in [4.78, 5) is 16.1. The van der Waals surface area contributed by atoms with Crippen molar-refractivity contribution in [1.29, 1.82) is 0 Å². The summed E-state index contributed by atoms with van der Waals surface area (Å²) in [6.07, 6.45) is 4.20. The van der Waals surface area contributed by atoms with E-state index in [1.165, 1.54) is 12.1 Å². The van der Waals surface area contributed by atoms with Crippen LogP contribution < -0.4 is 10.1 Å². The van der Waals surface area contributed by atoms with Crippen LogP contribution >= 0.6 is 0 Å². The molecule has 0 unspecified atom stereocenters. The van der Waals surface area contributed by atoms with E-state index in [9.17, 15) is 9.18 Å². The number of nitrogens with zero attached hydrogens (tertiary/aromatic N) is 2. The van der Waals surface area contributed by atoms with Crippen molar-refractivity contribution in [3.05, 3.63) is 47.8 Å². The van der Waals surface area contributed by atoms with Crippen molar-refractivity contribution < 1.29 is 13.9 Å². The normalized spacial score (nSPS) is 17.0. The average molecular weight is 289 g/mol. The molecule has 0 radical (unpaired) electrons. The molecule has 3 rings (SSSR count). The molecule has 2 aromatic rings. The maximum Gasteiger partial charge on any atom is 0.226 e. The van der Waals surface area contributed by atoms with Crippen molar-refractivity contribution >= 4 is 5.91 Å². The van der Waals surface area contributed by atoms with Crippen LogP contribution in [0.1, 0.15) is 23.7 Å². The molecule has 1 amide bonds. The van der Waals surface area contributed by atoms with Gasteiger partial charge in [-0.25, -0.2) is 9.37 Å². The Balaban J connectivity index is 1.73. The first-order valence-electron chi connectivity index (χ1n) is 6.80. The van der Waals surface area contributed by atoms with Gasteiger partial charge in [-0.3, -0.25) is 4.79 Å². The Bertz CT molecular complexity index is 669. The summed E-state index contributed by atoms with van der Waals surface area (Å²) in [7, 11) is 1.84. The molecule has 1 aromatic heterocycles. The minimum absolute atomic E-state index is 0.110. The molecule has 0 saturated carbocycles. The monoisotopic (exact) mass is 289 g/mol. The molecule has 1 atom stereocenters. The zero-order valence-corrected chi connectivity index (χ0v) is 11.7. The number of hydrogen-bond acceptors (Lipinski definition) is 3. The first-order chi connectivity index (χ1) is 10.1. The SMILES string of the molecule is Cn1cncc1CC(=O)N[C@H]1CCOc2ccc(F)cc21. The maximum absolute atomic E-state index is 13.4. The third kappa shape index (κ3) is 2.89. The van der Waals surface area contributed by atoms with Gasteiger partial charge in [-0.05, 0) is 18.2 Å². The highest BCUT2D eigenvalue weighted by molar-refractivity contribution is 5.78. The van der Waals surface area contributed by atoms with E-state index in [0.717, 1.165) is 5.69 Å². The molecule has 6 heteroatoms. The van der Waals surface area contributed by atoms with Crippen LogP contribution in [0.15, 0.2) is 30.7 Å². The van der Waals surface area contributed by atoms with E-state index >= 15 is 0 Å². The molecular formula is C15H16FN3O2. The van der Waals surface area contributed by atoms with Crippen LogP contribution in [0.2, 0.25) is 0 Å². The van der Waals surface area contributed by atoms with Crippen molar-refractivity contribution in [2.75, 3.05) is 6.61 Å². The molecule has 0 fully saturated rings. The second-order valence-electron chi connectivity index (χ2n) is 5.11. The maximum atomic E-state index is 13.4. The molecule has 110 valence electrons. The fourth-order valence-electron chi connectivity index (χ4n) is 2.48. The summed E-state index contributed by atoms with van der Waals surface area (Å²) < 4.78 is 20.7. The van der Waals surface area contributed by atoms with Crippen molar-refractivity contribution in [1.82, 2.24) is 14.9 Å². The van der Waals surface area contributed by atoms with Crippen molar-refractivity contribution in [2.24, 2.45) is 7.05 Å². The van der Waals surface area contributed by atoms with Gasteiger partial charge in [-0.2, -0.15) is 0 Å². The Morgan fingerprint density at radius 1 is 1.57 bits per heavy atom. The Morgan fingerprint density at radius 2 is 2.43 bits per heavy atom. The van der Waals surface area contributed by atoms with E-state index in [1.54, 1.807) is 23.2 Å². The number of hydrogen-bond donors (Lipinski definition) is 1. The number of amides is 1. The van der Waals surface area contributed by atoms with Gasteiger partial charge in [0.15, 0.2) is 0 Å². The Hall–Kier alpha value is -2.37. The van der Waals surface area contributed by atoms with Gasteiger partial charge < -0.3 is 14.6 Å². The molecule has 0 spiro atoms. The third-order valence-electron chi connectivity index (χ3n) is 3.60. The number of ether oxygens (including phenoxy) is 1. The Labute approximate surface area is 121 Å². The lowest BCUT2D eigenvalue weighted by Gasteiger charge is -2.26. The van der Waals surface area contributed by atoms with E-state index in [2.05, 4.69) is 10.3 Å². The lowest BCUT2D eigenvalue weighted by molar-refractivity contribution is -0.121. The molecule has 2 heterocycles. The first-order valence-corrected chi connectivity index (χ1v) is 6.80. The first kappa shape index (κ1) is 13.6. The van der Waals surface area contributed by atoms with Crippen LogP contribution in [0.3, 0.4) is 0 Å². The van der Waals surface area contributed by atoms with E-state index < -0.39 is 0 Å². The molecule has 0 aliphatic carbocycles. The number of rotatable bonds is 3. The van der Waals surface area contributed by atoms with Gasteiger partial charge in [0, 0.05) is 30.9 Å². The predicted molar refractivity (Wildman–Crippen MR) is 74.3 cm³/mol. The number of carbonyl (C=O) groups is 1. The van der Waals surface area contributed by atoms with Crippen molar-refractivity contribution in [3.8, 4) is 5.75 Å². The highest BCUT2D eigenvalue weighted by Gasteiger charge is 2.23. The smallest absolute Gasteiger partial charge is 0.226 e. The number of fused-ring (bicyclic) bond motifs is 1. The molecule has 1 N–H and O–H groups in total. The number of imidazole rings is 1. The summed E-state index contributed by atoms with van der Waals surface area (Å²) in [5, 5.41) is 2.94. The van der Waals surface area contributed by atoms with Crippen LogP contribution in [-0.2, 0) is 18.3 Å². The van der Waals surface area contributed by atoms with Gasteiger partial charge in [-0.1, -0.05) is 0 Å². The molecule has 1 aliphatic rings. The van der Waals surface area contributed by atoms with E-state index in [1.807, 2.05) is 7.05 Å². The third-order valence-corrected chi connectivity index (χ3v) is 3.60. The quantitative estimate of drug-likeness (QED) is 0.936. The average Bonchev–Trinajstić information content (AvgIpc) is 2.85. The fraction of sp³-hybridized carbons (Fsp3) is 0.333. The number of halogens is 1. The molecule has 1 aromatic carbocycles.